The van der Waals surface area contributed by atoms with Crippen molar-refractivity contribution in [3.05, 3.63) is 140 Å². The normalized spacial score (nSPS) is 24.6. The highest BCUT2D eigenvalue weighted by Gasteiger charge is 2.58. The van der Waals surface area contributed by atoms with Crippen LogP contribution in [0.5, 0.6) is 0 Å². The van der Waals surface area contributed by atoms with Crippen molar-refractivity contribution in [3.8, 4) is 0 Å². The van der Waals surface area contributed by atoms with E-state index in [-0.39, 0.29) is 11.8 Å². The first-order valence-corrected chi connectivity index (χ1v) is 19.0. The molecule has 4 aliphatic heterocycles. The fraction of sp³-hybridized carbons (Fsp3) is 0.300. The standard InChI is InChI=1S/2C20H19BrN2O3/c2*21-16-9-7-15(8-10-16)18(24)23-12-4-11-20(23)17(26-19(25)22-20)13-14-5-2-1-3-6-14/h2*1-3,5-10,17H,4,11-13H2,(H,22,25)/t2*17-,20-/m00/s1. The Balaban J connectivity index is 0.000000162. The molecule has 4 aliphatic rings. The molecule has 0 aromatic heterocycles. The lowest BCUT2D eigenvalue weighted by atomic mass is 9.94. The van der Waals surface area contributed by atoms with Crippen LogP contribution in [0.25, 0.3) is 0 Å². The molecule has 2 spiro atoms. The van der Waals surface area contributed by atoms with Gasteiger partial charge in [-0.25, -0.2) is 9.59 Å². The minimum absolute atomic E-state index is 0.0844. The van der Waals surface area contributed by atoms with Crippen LogP contribution < -0.4 is 10.6 Å². The van der Waals surface area contributed by atoms with Crippen molar-refractivity contribution in [2.45, 2.75) is 62.1 Å². The molecule has 0 saturated carbocycles. The van der Waals surface area contributed by atoms with E-state index in [0.29, 0.717) is 49.9 Å². The summed E-state index contributed by atoms with van der Waals surface area (Å²) in [6.45, 7) is 1.20. The lowest BCUT2D eigenvalue weighted by Gasteiger charge is -2.37. The van der Waals surface area contributed by atoms with Crippen LogP contribution in [-0.4, -0.2) is 70.4 Å². The zero-order valence-corrected chi connectivity index (χ0v) is 31.5. The molecule has 0 bridgehead atoms. The van der Waals surface area contributed by atoms with E-state index in [1.165, 1.54) is 0 Å². The summed E-state index contributed by atoms with van der Waals surface area (Å²) in [6, 6.07) is 34.4. The van der Waals surface area contributed by atoms with E-state index in [1.54, 1.807) is 34.1 Å². The molecular formula is C40H38Br2N4O6. The van der Waals surface area contributed by atoms with E-state index in [4.69, 9.17) is 9.47 Å². The second kappa shape index (κ2) is 15.1. The Bertz CT molecular complexity index is 1790. The number of alkyl carbamates (subject to hydrolysis) is 2. The quantitative estimate of drug-likeness (QED) is 0.209. The van der Waals surface area contributed by atoms with Crippen LogP contribution in [0.2, 0.25) is 0 Å². The van der Waals surface area contributed by atoms with Crippen LogP contribution >= 0.6 is 31.9 Å². The second-order valence-corrected chi connectivity index (χ2v) is 15.2. The van der Waals surface area contributed by atoms with Gasteiger partial charge in [-0.05, 0) is 85.3 Å². The zero-order chi connectivity index (χ0) is 36.3. The summed E-state index contributed by atoms with van der Waals surface area (Å²) in [5.74, 6) is -0.169. The number of likely N-dealkylation sites (tertiary alicyclic amines) is 2. The fourth-order valence-corrected chi connectivity index (χ4v) is 8.31. The third-order valence-electron chi connectivity index (χ3n) is 10.2. The molecule has 12 heteroatoms. The Labute approximate surface area is 319 Å². The van der Waals surface area contributed by atoms with Crippen molar-refractivity contribution in [3.63, 3.8) is 0 Å². The molecule has 2 N–H and O–H groups in total. The van der Waals surface area contributed by atoms with Crippen molar-refractivity contribution in [2.75, 3.05) is 13.1 Å². The van der Waals surface area contributed by atoms with Gasteiger partial charge in [-0.1, -0.05) is 92.5 Å². The van der Waals surface area contributed by atoms with Gasteiger partial charge in [0.2, 0.25) is 0 Å². The number of nitrogens with zero attached hydrogens (tertiary/aromatic N) is 2. The summed E-state index contributed by atoms with van der Waals surface area (Å²) in [4.78, 5) is 54.0. The van der Waals surface area contributed by atoms with Gasteiger partial charge in [-0.2, -0.15) is 0 Å². The number of amides is 4. The number of benzene rings is 4. The highest BCUT2D eigenvalue weighted by atomic mass is 79.9. The maximum absolute atomic E-state index is 13.1. The predicted molar refractivity (Wildman–Crippen MR) is 201 cm³/mol. The predicted octanol–water partition coefficient (Wildman–Crippen LogP) is 7.47. The number of nitrogens with one attached hydrogen (secondary N) is 2. The summed E-state index contributed by atoms with van der Waals surface area (Å²) in [6.07, 6.45) is 2.47. The molecule has 4 atom stereocenters. The first-order valence-electron chi connectivity index (χ1n) is 17.4. The first kappa shape index (κ1) is 35.7. The monoisotopic (exact) mass is 828 g/mol. The molecule has 0 unspecified atom stereocenters. The summed E-state index contributed by atoms with van der Waals surface area (Å²) < 4.78 is 13.0. The molecular weight excluding hydrogens is 792 g/mol. The maximum Gasteiger partial charge on any atom is 0.409 e. The second-order valence-electron chi connectivity index (χ2n) is 13.4. The number of rotatable bonds is 6. The minimum atomic E-state index is -0.781. The highest BCUT2D eigenvalue weighted by molar-refractivity contribution is 9.10. The molecule has 0 radical (unpaired) electrons. The maximum atomic E-state index is 13.1. The van der Waals surface area contributed by atoms with Crippen LogP contribution in [0.15, 0.2) is 118 Å². The molecule has 52 heavy (non-hydrogen) atoms. The van der Waals surface area contributed by atoms with Gasteiger partial charge in [0, 0.05) is 46.0 Å². The number of cyclic esters (lactones) is 2. The molecule has 4 saturated heterocycles. The topological polar surface area (TPSA) is 117 Å². The number of hydrogen-bond acceptors (Lipinski definition) is 6. The molecule has 4 aromatic rings. The number of hydrogen-bond donors (Lipinski definition) is 2. The van der Waals surface area contributed by atoms with E-state index >= 15 is 0 Å². The summed E-state index contributed by atoms with van der Waals surface area (Å²) in [7, 11) is 0. The van der Waals surface area contributed by atoms with Crippen molar-refractivity contribution >= 4 is 55.9 Å². The summed E-state index contributed by atoms with van der Waals surface area (Å²) in [5.41, 5.74) is 1.81. The molecule has 268 valence electrons. The molecule has 4 amide bonds. The average Bonchev–Trinajstić information content (AvgIpc) is 3.92. The molecule has 4 fully saturated rings. The number of halogens is 2. The molecule has 4 aromatic carbocycles. The molecule has 8 rings (SSSR count). The number of carbonyl (C=O) groups is 4. The van der Waals surface area contributed by atoms with Gasteiger partial charge >= 0.3 is 12.2 Å². The SMILES string of the molecule is O=C1N[C@]2(CCCN2C(=O)c2ccc(Br)cc2)[C@H](Cc2ccccc2)O1.O=C1N[C@]2(CCCN2C(=O)c2ccc(Br)cc2)[C@H](Cc2ccccc2)O1. The van der Waals surface area contributed by atoms with Gasteiger partial charge < -0.3 is 19.3 Å². The fourth-order valence-electron chi connectivity index (χ4n) is 7.78. The van der Waals surface area contributed by atoms with Gasteiger partial charge in [0.05, 0.1) is 0 Å². The Hall–Kier alpha value is -4.68. The van der Waals surface area contributed by atoms with Gasteiger partial charge in [-0.3, -0.25) is 20.2 Å². The summed E-state index contributed by atoms with van der Waals surface area (Å²) >= 11 is 6.78. The third kappa shape index (κ3) is 7.18. The molecule has 0 aliphatic carbocycles. The first-order chi connectivity index (χ1) is 25.2. The van der Waals surface area contributed by atoms with Crippen LogP contribution in [0.3, 0.4) is 0 Å². The van der Waals surface area contributed by atoms with Crippen LogP contribution in [0, 0.1) is 0 Å². The van der Waals surface area contributed by atoms with Crippen molar-refractivity contribution in [1.82, 2.24) is 20.4 Å². The Morgan fingerprint density at radius 3 is 1.33 bits per heavy atom. The van der Waals surface area contributed by atoms with Gasteiger partial charge in [0.25, 0.3) is 11.8 Å². The number of carbonyl (C=O) groups excluding carboxylic acids is 4. The van der Waals surface area contributed by atoms with Gasteiger partial charge in [0.15, 0.2) is 11.3 Å². The molecule has 10 nitrogen and oxygen atoms in total. The van der Waals surface area contributed by atoms with Gasteiger partial charge in [0.1, 0.15) is 12.2 Å². The third-order valence-corrected chi connectivity index (χ3v) is 11.3. The van der Waals surface area contributed by atoms with E-state index in [9.17, 15) is 19.2 Å². The van der Waals surface area contributed by atoms with Crippen molar-refractivity contribution in [1.29, 1.82) is 0 Å². The average molecular weight is 831 g/mol. The van der Waals surface area contributed by atoms with Gasteiger partial charge in [-0.15, -0.1) is 0 Å². The van der Waals surface area contributed by atoms with E-state index in [2.05, 4.69) is 42.5 Å². The lowest BCUT2D eigenvalue weighted by molar-refractivity contribution is 0.0244. The Morgan fingerprint density at radius 2 is 0.962 bits per heavy atom. The van der Waals surface area contributed by atoms with Crippen LogP contribution in [-0.2, 0) is 22.3 Å². The van der Waals surface area contributed by atoms with Crippen molar-refractivity contribution in [2.24, 2.45) is 0 Å². The Kier molecular flexibility index (Phi) is 10.4. The largest absolute Gasteiger partial charge is 0.441 e. The number of ether oxygens (including phenoxy) is 2. The smallest absolute Gasteiger partial charge is 0.409 e. The summed E-state index contributed by atoms with van der Waals surface area (Å²) in [5, 5.41) is 5.89. The van der Waals surface area contributed by atoms with E-state index in [0.717, 1.165) is 32.9 Å². The Morgan fingerprint density at radius 1 is 0.596 bits per heavy atom. The van der Waals surface area contributed by atoms with Crippen LogP contribution in [0.4, 0.5) is 9.59 Å². The van der Waals surface area contributed by atoms with Crippen LogP contribution in [0.1, 0.15) is 57.5 Å². The minimum Gasteiger partial charge on any atom is -0.441 e. The highest BCUT2D eigenvalue weighted by Crippen LogP contribution is 2.39. The lowest BCUT2D eigenvalue weighted by Crippen LogP contribution is -2.60. The van der Waals surface area contributed by atoms with E-state index < -0.39 is 35.7 Å². The zero-order valence-electron chi connectivity index (χ0n) is 28.3. The van der Waals surface area contributed by atoms with Crippen molar-refractivity contribution < 1.29 is 28.7 Å². The van der Waals surface area contributed by atoms with E-state index in [1.807, 2.05) is 84.9 Å². The molecule has 4 heterocycles.